The average molecular weight is 387 g/mol. The van der Waals surface area contributed by atoms with Crippen molar-refractivity contribution in [3.8, 4) is 0 Å². The van der Waals surface area contributed by atoms with E-state index in [1.165, 1.54) is 0 Å². The Morgan fingerprint density at radius 2 is 1.96 bits per heavy atom. The van der Waals surface area contributed by atoms with Gasteiger partial charge in [-0.15, -0.1) is 22.0 Å². The molecule has 0 aliphatic rings. The van der Waals surface area contributed by atoms with E-state index >= 15 is 0 Å². The van der Waals surface area contributed by atoms with Gasteiger partial charge in [-0.05, 0) is 12.1 Å². The highest BCUT2D eigenvalue weighted by molar-refractivity contribution is 7.99. The molecule has 130 valence electrons. The molecular formula is C14H18N4O3S3. The maximum Gasteiger partial charge on any atom is 0.269 e. The minimum Gasteiger partial charge on any atom is -0.300 e. The predicted molar refractivity (Wildman–Crippen MR) is 95.7 cm³/mol. The zero-order valence-electron chi connectivity index (χ0n) is 13.2. The van der Waals surface area contributed by atoms with E-state index in [1.54, 1.807) is 25.6 Å². The van der Waals surface area contributed by atoms with Crippen LogP contribution in [0.3, 0.4) is 0 Å². The predicted octanol–water partition coefficient (Wildman–Crippen LogP) is 2.20. The summed E-state index contributed by atoms with van der Waals surface area (Å²) in [6.07, 6.45) is 0. The summed E-state index contributed by atoms with van der Waals surface area (Å²) in [6, 6.07) is 9.72. The summed E-state index contributed by atoms with van der Waals surface area (Å²) in [4.78, 5) is 12.7. The van der Waals surface area contributed by atoms with Crippen molar-refractivity contribution in [3.05, 3.63) is 30.3 Å². The van der Waals surface area contributed by atoms with Crippen molar-refractivity contribution < 1.29 is 13.2 Å². The van der Waals surface area contributed by atoms with Gasteiger partial charge in [0.05, 0.1) is 0 Å². The van der Waals surface area contributed by atoms with Crippen LogP contribution < -0.4 is 10.0 Å². The van der Waals surface area contributed by atoms with E-state index in [0.29, 0.717) is 5.75 Å². The Kier molecular flexibility index (Phi) is 6.72. The zero-order valence-corrected chi connectivity index (χ0v) is 15.7. The summed E-state index contributed by atoms with van der Waals surface area (Å²) in [6.45, 7) is 3.75. The van der Waals surface area contributed by atoms with E-state index in [0.717, 1.165) is 16.2 Å². The van der Waals surface area contributed by atoms with Crippen LogP contribution in [-0.4, -0.2) is 36.8 Å². The third-order valence-electron chi connectivity index (χ3n) is 2.80. The second-order valence-electron chi connectivity index (χ2n) is 5.08. The Morgan fingerprint density at radius 3 is 2.62 bits per heavy atom. The fraction of sp³-hybridized carbons (Fsp3) is 0.357. The number of sulfonamides is 1. The molecule has 0 aliphatic carbocycles. The van der Waals surface area contributed by atoms with Gasteiger partial charge in [-0.3, -0.25) is 4.79 Å². The summed E-state index contributed by atoms with van der Waals surface area (Å²) < 4.78 is 26.6. The van der Waals surface area contributed by atoms with Crippen LogP contribution in [0, 0.1) is 5.92 Å². The number of nitrogens with one attached hydrogen (secondary N) is 2. The largest absolute Gasteiger partial charge is 0.300 e. The molecule has 1 aromatic carbocycles. The number of hydrogen-bond donors (Lipinski definition) is 2. The summed E-state index contributed by atoms with van der Waals surface area (Å²) in [5.41, 5.74) is 0. The molecule has 24 heavy (non-hydrogen) atoms. The molecule has 0 aliphatic heterocycles. The molecule has 10 heteroatoms. The molecule has 0 bridgehead atoms. The monoisotopic (exact) mass is 386 g/mol. The topological polar surface area (TPSA) is 101 Å². The maximum atomic E-state index is 12.2. The molecule has 0 saturated carbocycles. The number of aromatic nitrogens is 2. The fourth-order valence-corrected chi connectivity index (χ4v) is 4.44. The van der Waals surface area contributed by atoms with Crippen LogP contribution >= 0.6 is 23.1 Å². The smallest absolute Gasteiger partial charge is 0.269 e. The first-order valence-electron chi connectivity index (χ1n) is 7.20. The van der Waals surface area contributed by atoms with Crippen molar-refractivity contribution in [2.24, 2.45) is 5.92 Å². The maximum absolute atomic E-state index is 12.2. The van der Waals surface area contributed by atoms with Gasteiger partial charge in [-0.25, -0.2) is 13.1 Å². The number of hydrogen-bond acceptors (Lipinski definition) is 7. The molecular weight excluding hydrogens is 368 g/mol. The Hall–Kier alpha value is -1.49. The quantitative estimate of drug-likeness (QED) is 0.410. The molecule has 0 unspecified atom stereocenters. The molecule has 0 radical (unpaired) electrons. The Labute approximate surface area is 149 Å². The second-order valence-corrected chi connectivity index (χ2v) is 9.16. The van der Waals surface area contributed by atoms with Crippen LogP contribution in [0.2, 0.25) is 0 Å². The molecule has 2 N–H and O–H groups in total. The normalized spacial score (nSPS) is 11.6. The van der Waals surface area contributed by atoms with E-state index in [2.05, 4.69) is 20.2 Å². The lowest BCUT2D eigenvalue weighted by atomic mass is 10.2. The van der Waals surface area contributed by atoms with Gasteiger partial charge in [0.2, 0.25) is 15.4 Å². The molecule has 2 aromatic rings. The van der Waals surface area contributed by atoms with Gasteiger partial charge in [0.15, 0.2) is 0 Å². The average Bonchev–Trinajstić information content (AvgIpc) is 3.02. The Morgan fingerprint density at radius 1 is 1.25 bits per heavy atom. The van der Waals surface area contributed by atoms with Crippen LogP contribution in [0.25, 0.3) is 0 Å². The molecule has 0 fully saturated rings. The molecule has 0 atom stereocenters. The second kappa shape index (κ2) is 8.56. The zero-order chi connectivity index (χ0) is 17.6. The number of benzene rings is 1. The summed E-state index contributed by atoms with van der Waals surface area (Å²) in [5, 5.41) is 10.0. The van der Waals surface area contributed by atoms with E-state index in [4.69, 9.17) is 0 Å². The third kappa shape index (κ3) is 5.55. The van der Waals surface area contributed by atoms with Crippen molar-refractivity contribution in [1.82, 2.24) is 14.9 Å². The molecule has 0 saturated heterocycles. The third-order valence-corrected chi connectivity index (χ3v) is 6.48. The first-order chi connectivity index (χ1) is 11.4. The lowest BCUT2D eigenvalue weighted by molar-refractivity contribution is -0.118. The van der Waals surface area contributed by atoms with Crippen LogP contribution in [-0.2, 0) is 14.8 Å². The van der Waals surface area contributed by atoms with E-state index < -0.39 is 10.0 Å². The number of amides is 1. The van der Waals surface area contributed by atoms with Crippen LogP contribution in [0.4, 0.5) is 5.13 Å². The summed E-state index contributed by atoms with van der Waals surface area (Å²) in [5.74, 6) is 0.142. The highest BCUT2D eigenvalue weighted by Gasteiger charge is 2.20. The number of nitrogens with zero attached hydrogens (tertiary/aromatic N) is 2. The van der Waals surface area contributed by atoms with Crippen molar-refractivity contribution in [3.63, 3.8) is 0 Å². The number of rotatable bonds is 8. The minimum atomic E-state index is -3.72. The highest BCUT2D eigenvalue weighted by atomic mass is 32.2. The van der Waals surface area contributed by atoms with Crippen LogP contribution in [0.5, 0.6) is 0 Å². The van der Waals surface area contributed by atoms with Gasteiger partial charge in [-0.2, -0.15) is 0 Å². The van der Waals surface area contributed by atoms with Crippen LogP contribution in [0.15, 0.2) is 39.6 Å². The molecule has 1 heterocycles. The van der Waals surface area contributed by atoms with Gasteiger partial charge >= 0.3 is 0 Å². The molecule has 2 rings (SSSR count). The molecule has 1 aromatic heterocycles. The van der Waals surface area contributed by atoms with Crippen molar-refractivity contribution in [2.45, 2.75) is 23.1 Å². The fourth-order valence-electron chi connectivity index (χ4n) is 1.54. The van der Waals surface area contributed by atoms with Gasteiger partial charge in [0.25, 0.3) is 10.0 Å². The Bertz CT molecular complexity index is 776. The van der Waals surface area contributed by atoms with E-state index in [1.807, 2.05) is 30.3 Å². The van der Waals surface area contributed by atoms with E-state index in [9.17, 15) is 13.2 Å². The Balaban J connectivity index is 1.86. The van der Waals surface area contributed by atoms with Crippen LogP contribution in [0.1, 0.15) is 13.8 Å². The SMILES string of the molecule is CC(C)C(=O)Nc1nnc(S(=O)(=O)NCCSc2ccccc2)s1. The number of carbonyl (C=O) groups excluding carboxylic acids is 1. The van der Waals surface area contributed by atoms with Gasteiger partial charge in [0.1, 0.15) is 0 Å². The van der Waals surface area contributed by atoms with Crippen molar-refractivity contribution in [2.75, 3.05) is 17.6 Å². The summed E-state index contributed by atoms with van der Waals surface area (Å²) >= 11 is 2.39. The minimum absolute atomic E-state index is 0.161. The van der Waals surface area contributed by atoms with Gasteiger partial charge in [-0.1, -0.05) is 43.4 Å². The lowest BCUT2D eigenvalue weighted by Gasteiger charge is -2.04. The number of carbonyl (C=O) groups is 1. The van der Waals surface area contributed by atoms with Crippen molar-refractivity contribution in [1.29, 1.82) is 0 Å². The highest BCUT2D eigenvalue weighted by Crippen LogP contribution is 2.21. The molecule has 0 spiro atoms. The van der Waals surface area contributed by atoms with Gasteiger partial charge < -0.3 is 5.32 Å². The number of anilines is 1. The lowest BCUT2D eigenvalue weighted by Crippen LogP contribution is -2.25. The van der Waals surface area contributed by atoms with Gasteiger partial charge in [0, 0.05) is 23.1 Å². The standard InChI is InChI=1S/C14H18N4O3S3/c1-10(2)12(19)16-13-17-18-14(23-13)24(20,21)15-8-9-22-11-6-4-3-5-7-11/h3-7,10,15H,8-9H2,1-2H3,(H,16,17,19). The first-order valence-corrected chi connectivity index (χ1v) is 10.5. The van der Waals surface area contributed by atoms with Crippen molar-refractivity contribution >= 4 is 44.2 Å². The molecule has 1 amide bonds. The number of thioether (sulfide) groups is 1. The first kappa shape index (κ1) is 18.8. The van der Waals surface area contributed by atoms with E-state index in [-0.39, 0.29) is 27.8 Å². The molecule has 7 nitrogen and oxygen atoms in total. The summed E-state index contributed by atoms with van der Waals surface area (Å²) in [7, 11) is -3.72.